The standard InChI is InChI=1S/C13H20O2/c1-9(2)15-13-7-5-12(6-8-13)10(3)11(4)14/h5-11,14H,1-4H3. The lowest BCUT2D eigenvalue weighted by Gasteiger charge is -2.16. The topological polar surface area (TPSA) is 29.5 Å². The molecule has 2 heteroatoms. The lowest BCUT2D eigenvalue weighted by atomic mass is 9.96. The number of aliphatic hydroxyl groups excluding tert-OH is 1. The van der Waals surface area contributed by atoms with E-state index in [2.05, 4.69) is 0 Å². The van der Waals surface area contributed by atoms with Crippen LogP contribution in [0.15, 0.2) is 24.3 Å². The predicted molar refractivity (Wildman–Crippen MR) is 62.3 cm³/mol. The second-order valence-electron chi connectivity index (χ2n) is 4.26. The second kappa shape index (κ2) is 5.17. The van der Waals surface area contributed by atoms with Crippen molar-refractivity contribution in [3.8, 4) is 5.75 Å². The molecule has 0 spiro atoms. The summed E-state index contributed by atoms with van der Waals surface area (Å²) in [5.74, 6) is 1.05. The molecule has 84 valence electrons. The van der Waals surface area contributed by atoms with Gasteiger partial charge in [-0.1, -0.05) is 19.1 Å². The van der Waals surface area contributed by atoms with Crippen molar-refractivity contribution in [2.24, 2.45) is 0 Å². The third kappa shape index (κ3) is 3.56. The molecule has 2 unspecified atom stereocenters. The minimum absolute atomic E-state index is 0.165. The zero-order chi connectivity index (χ0) is 11.4. The van der Waals surface area contributed by atoms with Gasteiger partial charge in [-0.05, 0) is 38.5 Å². The van der Waals surface area contributed by atoms with Crippen molar-refractivity contribution in [2.45, 2.75) is 45.8 Å². The smallest absolute Gasteiger partial charge is 0.119 e. The van der Waals surface area contributed by atoms with E-state index in [9.17, 15) is 5.11 Å². The van der Waals surface area contributed by atoms with E-state index in [0.717, 1.165) is 11.3 Å². The normalized spacial score (nSPS) is 15.1. The molecule has 0 aliphatic carbocycles. The van der Waals surface area contributed by atoms with Gasteiger partial charge < -0.3 is 9.84 Å². The van der Waals surface area contributed by atoms with Gasteiger partial charge in [0.15, 0.2) is 0 Å². The van der Waals surface area contributed by atoms with Crippen molar-refractivity contribution in [3.63, 3.8) is 0 Å². The first-order valence-electron chi connectivity index (χ1n) is 5.45. The van der Waals surface area contributed by atoms with Crippen molar-refractivity contribution in [3.05, 3.63) is 29.8 Å². The van der Waals surface area contributed by atoms with E-state index in [1.54, 1.807) is 0 Å². The molecule has 1 aromatic rings. The Morgan fingerprint density at radius 3 is 1.93 bits per heavy atom. The molecule has 0 aromatic heterocycles. The van der Waals surface area contributed by atoms with Gasteiger partial charge in [0.2, 0.25) is 0 Å². The lowest BCUT2D eigenvalue weighted by molar-refractivity contribution is 0.169. The number of hydrogen-bond donors (Lipinski definition) is 1. The highest BCUT2D eigenvalue weighted by atomic mass is 16.5. The van der Waals surface area contributed by atoms with Crippen molar-refractivity contribution in [1.82, 2.24) is 0 Å². The summed E-state index contributed by atoms with van der Waals surface area (Å²) in [4.78, 5) is 0. The highest BCUT2D eigenvalue weighted by molar-refractivity contribution is 5.29. The predicted octanol–water partition coefficient (Wildman–Crippen LogP) is 2.96. The molecule has 0 aliphatic rings. The van der Waals surface area contributed by atoms with Crippen LogP contribution in [0.3, 0.4) is 0 Å². The van der Waals surface area contributed by atoms with Crippen LogP contribution in [0.4, 0.5) is 0 Å². The Morgan fingerprint density at radius 2 is 1.53 bits per heavy atom. The van der Waals surface area contributed by atoms with Gasteiger partial charge in [-0.2, -0.15) is 0 Å². The Labute approximate surface area is 91.9 Å². The molecule has 0 bridgehead atoms. The van der Waals surface area contributed by atoms with Gasteiger partial charge in [0, 0.05) is 5.92 Å². The molecule has 15 heavy (non-hydrogen) atoms. The SMILES string of the molecule is CC(C)Oc1ccc(C(C)C(C)O)cc1. The summed E-state index contributed by atoms with van der Waals surface area (Å²) >= 11 is 0. The molecule has 0 aliphatic heterocycles. The summed E-state index contributed by atoms with van der Waals surface area (Å²) in [6, 6.07) is 7.92. The van der Waals surface area contributed by atoms with E-state index >= 15 is 0 Å². The van der Waals surface area contributed by atoms with E-state index < -0.39 is 0 Å². The number of aliphatic hydroxyl groups is 1. The van der Waals surface area contributed by atoms with Crippen LogP contribution < -0.4 is 4.74 Å². The molecule has 0 heterocycles. The Balaban J connectivity index is 2.72. The summed E-state index contributed by atoms with van der Waals surface area (Å²) in [7, 11) is 0. The van der Waals surface area contributed by atoms with Crippen LogP contribution in [0.2, 0.25) is 0 Å². The van der Waals surface area contributed by atoms with E-state index in [1.807, 2.05) is 52.0 Å². The first-order valence-corrected chi connectivity index (χ1v) is 5.45. The Bertz CT molecular complexity index is 288. The minimum Gasteiger partial charge on any atom is -0.491 e. The van der Waals surface area contributed by atoms with Crippen LogP contribution in [-0.2, 0) is 0 Å². The Hall–Kier alpha value is -1.02. The van der Waals surface area contributed by atoms with E-state index in [-0.39, 0.29) is 18.1 Å². The fourth-order valence-corrected chi connectivity index (χ4v) is 1.40. The van der Waals surface area contributed by atoms with Crippen LogP contribution in [0.1, 0.15) is 39.2 Å². The van der Waals surface area contributed by atoms with Crippen LogP contribution >= 0.6 is 0 Å². The highest BCUT2D eigenvalue weighted by Gasteiger charge is 2.11. The number of ether oxygens (including phenoxy) is 1. The first-order chi connectivity index (χ1) is 7.00. The van der Waals surface area contributed by atoms with E-state index in [4.69, 9.17) is 4.74 Å². The molecule has 0 radical (unpaired) electrons. The maximum absolute atomic E-state index is 9.46. The first kappa shape index (κ1) is 12.1. The molecule has 0 fully saturated rings. The summed E-state index contributed by atoms with van der Waals surface area (Å²) in [5, 5.41) is 9.46. The largest absolute Gasteiger partial charge is 0.491 e. The Kier molecular flexibility index (Phi) is 4.15. The third-order valence-corrected chi connectivity index (χ3v) is 2.50. The van der Waals surface area contributed by atoms with E-state index in [0.29, 0.717) is 0 Å². The van der Waals surface area contributed by atoms with Gasteiger partial charge in [0.1, 0.15) is 5.75 Å². The molecule has 0 amide bonds. The summed E-state index contributed by atoms with van der Waals surface area (Å²) < 4.78 is 5.55. The highest BCUT2D eigenvalue weighted by Crippen LogP contribution is 2.22. The molecule has 2 atom stereocenters. The molecular weight excluding hydrogens is 188 g/mol. The number of benzene rings is 1. The van der Waals surface area contributed by atoms with Gasteiger partial charge in [0.25, 0.3) is 0 Å². The molecular formula is C13H20O2. The van der Waals surface area contributed by atoms with Gasteiger partial charge in [-0.25, -0.2) is 0 Å². The number of rotatable bonds is 4. The molecule has 1 rings (SSSR count). The van der Waals surface area contributed by atoms with Crippen molar-refractivity contribution in [2.75, 3.05) is 0 Å². The van der Waals surface area contributed by atoms with Gasteiger partial charge in [-0.15, -0.1) is 0 Å². The average molecular weight is 208 g/mol. The quantitative estimate of drug-likeness (QED) is 0.824. The summed E-state index contributed by atoms with van der Waals surface area (Å²) in [5.41, 5.74) is 1.14. The van der Waals surface area contributed by atoms with Gasteiger partial charge >= 0.3 is 0 Å². The van der Waals surface area contributed by atoms with Gasteiger partial charge in [-0.3, -0.25) is 0 Å². The zero-order valence-electron chi connectivity index (χ0n) is 9.90. The zero-order valence-corrected chi connectivity index (χ0v) is 9.90. The van der Waals surface area contributed by atoms with Crippen molar-refractivity contribution >= 4 is 0 Å². The maximum atomic E-state index is 9.46. The Morgan fingerprint density at radius 1 is 1.00 bits per heavy atom. The lowest BCUT2D eigenvalue weighted by Crippen LogP contribution is -2.11. The minimum atomic E-state index is -0.318. The van der Waals surface area contributed by atoms with Crippen molar-refractivity contribution < 1.29 is 9.84 Å². The molecule has 0 saturated heterocycles. The number of hydrogen-bond acceptors (Lipinski definition) is 2. The monoisotopic (exact) mass is 208 g/mol. The van der Waals surface area contributed by atoms with Crippen LogP contribution in [0, 0.1) is 0 Å². The maximum Gasteiger partial charge on any atom is 0.119 e. The third-order valence-electron chi connectivity index (χ3n) is 2.50. The second-order valence-corrected chi connectivity index (χ2v) is 4.26. The van der Waals surface area contributed by atoms with Crippen LogP contribution in [-0.4, -0.2) is 17.3 Å². The average Bonchev–Trinajstić information content (AvgIpc) is 2.17. The fourth-order valence-electron chi connectivity index (χ4n) is 1.40. The molecule has 1 aromatic carbocycles. The molecule has 0 saturated carbocycles. The van der Waals surface area contributed by atoms with Crippen molar-refractivity contribution in [1.29, 1.82) is 0 Å². The van der Waals surface area contributed by atoms with Crippen LogP contribution in [0.25, 0.3) is 0 Å². The van der Waals surface area contributed by atoms with Crippen LogP contribution in [0.5, 0.6) is 5.75 Å². The van der Waals surface area contributed by atoms with Gasteiger partial charge in [0.05, 0.1) is 12.2 Å². The fraction of sp³-hybridized carbons (Fsp3) is 0.538. The summed E-state index contributed by atoms with van der Waals surface area (Å²) in [6.07, 6.45) is -0.119. The molecule has 2 nitrogen and oxygen atoms in total. The summed E-state index contributed by atoms with van der Waals surface area (Å²) in [6.45, 7) is 7.84. The van der Waals surface area contributed by atoms with E-state index in [1.165, 1.54) is 0 Å². The molecule has 1 N–H and O–H groups in total.